The van der Waals surface area contributed by atoms with Crippen LogP contribution in [0.3, 0.4) is 0 Å². The first-order valence-corrected chi connectivity index (χ1v) is 11.0. The molecule has 2 aromatic carbocycles. The maximum absolute atomic E-state index is 12.8. The molecule has 3 rings (SSSR count). The normalized spacial score (nSPS) is 11.3. The van der Waals surface area contributed by atoms with Gasteiger partial charge in [0.1, 0.15) is 0 Å². The fourth-order valence-corrected chi connectivity index (χ4v) is 4.28. The Morgan fingerprint density at radius 1 is 1.00 bits per heavy atom. The summed E-state index contributed by atoms with van der Waals surface area (Å²) < 4.78 is 1.98. The molecule has 1 amide bonds. The van der Waals surface area contributed by atoms with Crippen molar-refractivity contribution in [2.75, 3.05) is 5.75 Å². The highest BCUT2D eigenvalue weighted by Crippen LogP contribution is 2.29. The lowest BCUT2D eigenvalue weighted by Gasteiger charge is -2.30. The highest BCUT2D eigenvalue weighted by molar-refractivity contribution is 7.99. The van der Waals surface area contributed by atoms with Crippen molar-refractivity contribution in [2.45, 2.75) is 44.9 Å². The van der Waals surface area contributed by atoms with Gasteiger partial charge in [0.2, 0.25) is 5.91 Å². The molecule has 0 aliphatic heterocycles. The Bertz CT molecular complexity index is 947. The van der Waals surface area contributed by atoms with E-state index in [0.717, 1.165) is 11.3 Å². The standard InChI is InChI=1S/C22H25ClN4OS/c1-15(2)26(16(3)4)20(28)14-29-22-25-24-21(17-10-12-18(23)13-11-17)27(22)19-8-6-5-7-9-19/h5-13,15-16H,14H2,1-4H3. The first-order chi connectivity index (χ1) is 13.9. The maximum atomic E-state index is 12.8. The number of amides is 1. The first kappa shape index (κ1) is 21.4. The van der Waals surface area contributed by atoms with Gasteiger partial charge in [0.25, 0.3) is 0 Å². The average Bonchev–Trinajstić information content (AvgIpc) is 3.11. The van der Waals surface area contributed by atoms with Gasteiger partial charge in [0.05, 0.1) is 5.75 Å². The summed E-state index contributed by atoms with van der Waals surface area (Å²) in [5, 5.41) is 10.1. The summed E-state index contributed by atoms with van der Waals surface area (Å²) in [7, 11) is 0. The lowest BCUT2D eigenvalue weighted by Crippen LogP contribution is -2.43. The number of hydrogen-bond donors (Lipinski definition) is 0. The molecule has 0 N–H and O–H groups in total. The lowest BCUT2D eigenvalue weighted by atomic mass is 10.2. The Hall–Kier alpha value is -2.31. The zero-order valence-electron chi connectivity index (χ0n) is 17.0. The molecular formula is C22H25ClN4OS. The van der Waals surface area contributed by atoms with Gasteiger partial charge in [0.15, 0.2) is 11.0 Å². The Morgan fingerprint density at radius 2 is 1.62 bits per heavy atom. The molecule has 3 aromatic rings. The van der Waals surface area contributed by atoms with Crippen LogP contribution in [0.1, 0.15) is 27.7 Å². The number of carbonyl (C=O) groups excluding carboxylic acids is 1. The second kappa shape index (κ2) is 9.46. The SMILES string of the molecule is CC(C)N(C(=O)CSc1nnc(-c2ccc(Cl)cc2)n1-c1ccccc1)C(C)C. The molecule has 0 saturated heterocycles. The van der Waals surface area contributed by atoms with Crippen molar-refractivity contribution in [3.8, 4) is 17.1 Å². The summed E-state index contributed by atoms with van der Waals surface area (Å²) in [6.45, 7) is 8.14. The predicted octanol–water partition coefficient (Wildman–Crippen LogP) is 5.33. The molecule has 1 heterocycles. The fraction of sp³-hybridized carbons (Fsp3) is 0.318. The Kier molecular flexibility index (Phi) is 6.98. The minimum Gasteiger partial charge on any atom is -0.337 e. The van der Waals surface area contributed by atoms with Crippen LogP contribution >= 0.6 is 23.4 Å². The number of benzene rings is 2. The van der Waals surface area contributed by atoms with Gasteiger partial charge in [-0.2, -0.15) is 0 Å². The summed E-state index contributed by atoms with van der Waals surface area (Å²) >= 11 is 7.44. The molecule has 0 spiro atoms. The van der Waals surface area contributed by atoms with Crippen LogP contribution in [-0.2, 0) is 4.79 Å². The van der Waals surface area contributed by atoms with Crippen molar-refractivity contribution in [1.29, 1.82) is 0 Å². The van der Waals surface area contributed by atoms with E-state index in [1.807, 2.05) is 91.8 Å². The highest BCUT2D eigenvalue weighted by atomic mass is 35.5. The number of para-hydroxylation sites is 1. The van der Waals surface area contributed by atoms with Crippen LogP contribution in [0, 0.1) is 0 Å². The van der Waals surface area contributed by atoms with Crippen LogP contribution in [-0.4, -0.2) is 43.4 Å². The van der Waals surface area contributed by atoms with Crippen molar-refractivity contribution in [2.24, 2.45) is 0 Å². The predicted molar refractivity (Wildman–Crippen MR) is 120 cm³/mol. The van der Waals surface area contributed by atoms with Crippen LogP contribution in [0.15, 0.2) is 59.8 Å². The van der Waals surface area contributed by atoms with Crippen molar-refractivity contribution >= 4 is 29.3 Å². The van der Waals surface area contributed by atoms with Crippen molar-refractivity contribution in [3.05, 3.63) is 59.6 Å². The van der Waals surface area contributed by atoms with E-state index >= 15 is 0 Å². The van der Waals surface area contributed by atoms with Gasteiger partial charge in [-0.25, -0.2) is 0 Å². The quantitative estimate of drug-likeness (QED) is 0.477. The van der Waals surface area contributed by atoms with Gasteiger partial charge in [-0.1, -0.05) is 41.6 Å². The minimum atomic E-state index is 0.0932. The van der Waals surface area contributed by atoms with E-state index in [4.69, 9.17) is 11.6 Å². The summed E-state index contributed by atoms with van der Waals surface area (Å²) in [6.07, 6.45) is 0. The Balaban J connectivity index is 1.93. The number of carbonyl (C=O) groups is 1. The molecule has 1 aromatic heterocycles. The van der Waals surface area contributed by atoms with E-state index in [2.05, 4.69) is 10.2 Å². The van der Waals surface area contributed by atoms with E-state index in [9.17, 15) is 4.79 Å². The van der Waals surface area contributed by atoms with Gasteiger partial charge in [-0.05, 0) is 64.1 Å². The summed E-state index contributed by atoms with van der Waals surface area (Å²) in [5.74, 6) is 1.12. The highest BCUT2D eigenvalue weighted by Gasteiger charge is 2.22. The van der Waals surface area contributed by atoms with Crippen LogP contribution in [0.2, 0.25) is 5.02 Å². The molecule has 0 atom stereocenters. The smallest absolute Gasteiger partial charge is 0.233 e. The maximum Gasteiger partial charge on any atom is 0.233 e. The zero-order chi connectivity index (χ0) is 21.0. The molecule has 0 aliphatic carbocycles. The van der Waals surface area contributed by atoms with Crippen LogP contribution in [0.25, 0.3) is 17.1 Å². The molecule has 29 heavy (non-hydrogen) atoms. The number of rotatable bonds is 7. The molecule has 0 unspecified atom stereocenters. The molecule has 5 nitrogen and oxygen atoms in total. The average molecular weight is 429 g/mol. The van der Waals surface area contributed by atoms with Crippen LogP contribution in [0.4, 0.5) is 0 Å². The van der Waals surface area contributed by atoms with Crippen LogP contribution < -0.4 is 0 Å². The third-order valence-corrected chi connectivity index (χ3v) is 5.64. The van der Waals surface area contributed by atoms with Crippen molar-refractivity contribution in [1.82, 2.24) is 19.7 Å². The molecule has 0 bridgehead atoms. The van der Waals surface area contributed by atoms with Crippen molar-refractivity contribution in [3.63, 3.8) is 0 Å². The molecule has 7 heteroatoms. The van der Waals surface area contributed by atoms with E-state index in [1.54, 1.807) is 0 Å². The Labute approximate surface area is 181 Å². The summed E-state index contributed by atoms with van der Waals surface area (Å²) in [6, 6.07) is 17.7. The number of aromatic nitrogens is 3. The fourth-order valence-electron chi connectivity index (χ4n) is 3.33. The zero-order valence-corrected chi connectivity index (χ0v) is 18.6. The monoisotopic (exact) mass is 428 g/mol. The minimum absolute atomic E-state index is 0.0932. The molecular weight excluding hydrogens is 404 g/mol. The topological polar surface area (TPSA) is 51.0 Å². The van der Waals surface area contributed by atoms with Gasteiger partial charge in [-0.15, -0.1) is 10.2 Å². The third-order valence-electron chi connectivity index (χ3n) is 4.48. The second-order valence-corrected chi connectivity index (χ2v) is 8.64. The lowest BCUT2D eigenvalue weighted by molar-refractivity contribution is -0.131. The summed E-state index contributed by atoms with van der Waals surface area (Å²) in [4.78, 5) is 14.7. The molecule has 0 aliphatic rings. The number of nitrogens with zero attached hydrogens (tertiary/aromatic N) is 4. The van der Waals surface area contributed by atoms with Gasteiger partial charge in [-0.3, -0.25) is 9.36 Å². The van der Waals surface area contributed by atoms with E-state index in [0.29, 0.717) is 21.8 Å². The first-order valence-electron chi connectivity index (χ1n) is 9.59. The van der Waals surface area contributed by atoms with Crippen molar-refractivity contribution < 1.29 is 4.79 Å². The van der Waals surface area contributed by atoms with Gasteiger partial charge >= 0.3 is 0 Å². The number of hydrogen-bond acceptors (Lipinski definition) is 4. The number of thioether (sulfide) groups is 1. The van der Waals surface area contributed by atoms with E-state index < -0.39 is 0 Å². The van der Waals surface area contributed by atoms with E-state index in [1.165, 1.54) is 11.8 Å². The molecule has 0 fully saturated rings. The van der Waals surface area contributed by atoms with E-state index in [-0.39, 0.29) is 18.0 Å². The molecule has 0 saturated carbocycles. The molecule has 0 radical (unpaired) electrons. The second-order valence-electron chi connectivity index (χ2n) is 7.26. The van der Waals surface area contributed by atoms with Gasteiger partial charge < -0.3 is 4.90 Å². The van der Waals surface area contributed by atoms with Gasteiger partial charge in [0, 0.05) is 28.4 Å². The molecule has 152 valence electrons. The largest absolute Gasteiger partial charge is 0.337 e. The van der Waals surface area contributed by atoms with Crippen LogP contribution in [0.5, 0.6) is 0 Å². The third kappa shape index (κ3) is 5.00. The summed E-state index contributed by atoms with van der Waals surface area (Å²) in [5.41, 5.74) is 1.86. The number of halogens is 1. The Morgan fingerprint density at radius 3 is 2.21 bits per heavy atom.